The van der Waals surface area contributed by atoms with Crippen molar-refractivity contribution in [3.8, 4) is 55.9 Å². The maximum atomic E-state index is 6.53. The predicted molar refractivity (Wildman–Crippen MR) is 247 cm³/mol. The van der Waals surface area contributed by atoms with Crippen molar-refractivity contribution in [2.75, 3.05) is 0 Å². The minimum absolute atomic E-state index is 0.872. The summed E-state index contributed by atoms with van der Waals surface area (Å²) in [5.41, 5.74) is 17.1. The lowest BCUT2D eigenvalue weighted by molar-refractivity contribution is 0.645. The Balaban J connectivity index is 0.950. The molecule has 3 aromatic heterocycles. The molecule has 0 spiro atoms. The highest BCUT2D eigenvalue weighted by Gasteiger charge is 2.20. The first kappa shape index (κ1) is 33.3. The van der Waals surface area contributed by atoms with Crippen LogP contribution in [0.25, 0.3) is 111 Å². The van der Waals surface area contributed by atoms with Gasteiger partial charge >= 0.3 is 0 Å². The molecule has 3 heteroatoms. The van der Waals surface area contributed by atoms with Crippen molar-refractivity contribution in [3.63, 3.8) is 0 Å². The highest BCUT2D eigenvalue weighted by Crippen LogP contribution is 2.42. The number of hydrogen-bond acceptors (Lipinski definition) is 1. The Morgan fingerprint density at radius 2 is 0.695 bits per heavy atom. The van der Waals surface area contributed by atoms with Crippen LogP contribution in [0.15, 0.2) is 223 Å². The van der Waals surface area contributed by atoms with Crippen LogP contribution in [0, 0.1) is 0 Å². The predicted octanol–water partition coefficient (Wildman–Crippen LogP) is 15.3. The van der Waals surface area contributed by atoms with Crippen LogP contribution in [-0.2, 0) is 0 Å². The lowest BCUT2D eigenvalue weighted by Crippen LogP contribution is -1.94. The van der Waals surface area contributed by atoms with Gasteiger partial charge in [-0.05, 0) is 111 Å². The van der Waals surface area contributed by atoms with Crippen LogP contribution >= 0.6 is 0 Å². The number of rotatable bonds is 6. The van der Waals surface area contributed by atoms with Crippen LogP contribution < -0.4 is 0 Å². The van der Waals surface area contributed by atoms with Crippen molar-refractivity contribution in [1.29, 1.82) is 0 Å². The van der Waals surface area contributed by atoms with Crippen molar-refractivity contribution in [1.82, 2.24) is 9.13 Å². The highest BCUT2D eigenvalue weighted by molar-refractivity contribution is 6.20. The summed E-state index contributed by atoms with van der Waals surface area (Å²) in [7, 11) is 0. The van der Waals surface area contributed by atoms with Gasteiger partial charge in [-0.1, -0.05) is 152 Å². The smallest absolute Gasteiger partial charge is 0.213 e. The molecule has 0 radical (unpaired) electrons. The molecule has 0 saturated heterocycles. The minimum atomic E-state index is 0.872. The van der Waals surface area contributed by atoms with Gasteiger partial charge in [0.05, 0.1) is 21.9 Å². The second-order valence-electron chi connectivity index (χ2n) is 15.3. The molecule has 3 nitrogen and oxygen atoms in total. The van der Waals surface area contributed by atoms with Crippen LogP contribution in [0.5, 0.6) is 0 Å². The number of para-hydroxylation sites is 2. The van der Waals surface area contributed by atoms with Gasteiger partial charge in [0, 0.05) is 32.9 Å². The quantitative estimate of drug-likeness (QED) is 0.166. The first-order valence-electron chi connectivity index (χ1n) is 20.2. The van der Waals surface area contributed by atoms with E-state index in [2.05, 4.69) is 221 Å². The molecule has 0 aliphatic rings. The molecule has 0 aliphatic heterocycles. The van der Waals surface area contributed by atoms with E-state index in [1.165, 1.54) is 71.7 Å². The highest BCUT2D eigenvalue weighted by atomic mass is 16.3. The van der Waals surface area contributed by atoms with Gasteiger partial charge in [0.1, 0.15) is 5.58 Å². The average Bonchev–Trinajstić information content (AvgIpc) is 3.96. The van der Waals surface area contributed by atoms with Crippen LogP contribution in [0.3, 0.4) is 0 Å². The fraction of sp³-hybridized carbons (Fsp3) is 0. The van der Waals surface area contributed by atoms with Crippen molar-refractivity contribution < 1.29 is 4.42 Å². The van der Waals surface area contributed by atoms with E-state index in [1.54, 1.807) is 0 Å². The van der Waals surface area contributed by atoms with E-state index < -0.39 is 0 Å². The van der Waals surface area contributed by atoms with Gasteiger partial charge in [0.2, 0.25) is 5.71 Å². The Hall–Kier alpha value is -7.88. The van der Waals surface area contributed by atoms with Crippen LogP contribution in [-0.4, -0.2) is 9.13 Å². The van der Waals surface area contributed by atoms with Gasteiger partial charge in [-0.2, -0.15) is 0 Å². The molecule has 0 amide bonds. The SMILES string of the molecule is c1ccc(-c2ccc3c(c2)c2cc(-c4ccccc4)ccc2n3-c2cccc(-c3ccc(-c4ccc5c(c4)c4c6ccccc6oc4n5-c4ccccc4)cc3)c2)cc1. The molecule has 3 heterocycles. The van der Waals surface area contributed by atoms with E-state index in [9.17, 15) is 0 Å². The van der Waals surface area contributed by atoms with Crippen molar-refractivity contribution in [2.45, 2.75) is 0 Å². The summed E-state index contributed by atoms with van der Waals surface area (Å²) in [6.45, 7) is 0. The lowest BCUT2D eigenvalue weighted by Gasteiger charge is -2.12. The van der Waals surface area contributed by atoms with E-state index >= 15 is 0 Å². The molecule has 0 aliphatic carbocycles. The van der Waals surface area contributed by atoms with E-state index in [0.29, 0.717) is 0 Å². The number of aromatic nitrogens is 2. The van der Waals surface area contributed by atoms with E-state index in [4.69, 9.17) is 4.42 Å². The maximum absolute atomic E-state index is 6.53. The Kier molecular flexibility index (Phi) is 7.54. The Labute approximate surface area is 341 Å². The molecule has 12 aromatic rings. The molecule has 59 heavy (non-hydrogen) atoms. The first-order chi connectivity index (χ1) is 29.2. The van der Waals surface area contributed by atoms with Crippen molar-refractivity contribution in [2.24, 2.45) is 0 Å². The molecule has 0 fully saturated rings. The minimum Gasteiger partial charge on any atom is -0.439 e. The average molecular weight is 753 g/mol. The van der Waals surface area contributed by atoms with Crippen molar-refractivity contribution >= 4 is 54.8 Å². The zero-order chi connectivity index (χ0) is 38.9. The van der Waals surface area contributed by atoms with E-state index in [-0.39, 0.29) is 0 Å². The molecule has 276 valence electrons. The Morgan fingerprint density at radius 3 is 1.29 bits per heavy atom. The number of benzene rings is 9. The van der Waals surface area contributed by atoms with E-state index in [1.807, 2.05) is 6.07 Å². The molecule has 0 saturated carbocycles. The van der Waals surface area contributed by atoms with Gasteiger partial charge in [-0.25, -0.2) is 0 Å². The molecule has 0 N–H and O–H groups in total. The molecular weight excluding hydrogens is 717 g/mol. The number of nitrogens with zero attached hydrogens (tertiary/aromatic N) is 2. The molecule has 0 bridgehead atoms. The third kappa shape index (κ3) is 5.44. The second-order valence-corrected chi connectivity index (χ2v) is 15.3. The maximum Gasteiger partial charge on any atom is 0.213 e. The lowest BCUT2D eigenvalue weighted by atomic mass is 9.98. The molecule has 0 atom stereocenters. The van der Waals surface area contributed by atoms with Gasteiger partial charge < -0.3 is 8.98 Å². The largest absolute Gasteiger partial charge is 0.439 e. The summed E-state index contributed by atoms with van der Waals surface area (Å²) in [6, 6.07) is 78.7. The monoisotopic (exact) mass is 752 g/mol. The normalized spacial score (nSPS) is 11.7. The Bertz CT molecular complexity index is 3420. The van der Waals surface area contributed by atoms with Gasteiger partial charge in [-0.3, -0.25) is 4.57 Å². The third-order valence-corrected chi connectivity index (χ3v) is 11.9. The van der Waals surface area contributed by atoms with Gasteiger partial charge in [0.15, 0.2) is 0 Å². The summed E-state index contributed by atoms with van der Waals surface area (Å²) < 4.78 is 11.2. The third-order valence-electron chi connectivity index (χ3n) is 11.9. The zero-order valence-electron chi connectivity index (χ0n) is 32.1. The Morgan fingerprint density at radius 1 is 0.271 bits per heavy atom. The van der Waals surface area contributed by atoms with Gasteiger partial charge in [0.25, 0.3) is 0 Å². The topological polar surface area (TPSA) is 23.0 Å². The summed E-state index contributed by atoms with van der Waals surface area (Å²) in [5.74, 6) is 0. The fourth-order valence-corrected chi connectivity index (χ4v) is 9.11. The standard InChI is InChI=1S/C56H36N2O/c1-4-13-37(14-5-1)42-27-30-51-48(34-42)49-35-43(38-15-6-2-7-16-38)28-31-52(49)57(51)46-20-12-17-41(33-46)39-23-25-40(26-24-39)44-29-32-53-50(36-44)55-47-21-10-11-22-54(47)59-56(55)58(53)45-18-8-3-9-19-45/h1-36H. The fourth-order valence-electron chi connectivity index (χ4n) is 9.11. The summed E-state index contributed by atoms with van der Waals surface area (Å²) in [6.07, 6.45) is 0. The second kappa shape index (κ2) is 13.4. The molecule has 9 aromatic carbocycles. The summed E-state index contributed by atoms with van der Waals surface area (Å²) in [5, 5.41) is 5.94. The van der Waals surface area contributed by atoms with Crippen LogP contribution in [0.4, 0.5) is 0 Å². The first-order valence-corrected chi connectivity index (χ1v) is 20.2. The summed E-state index contributed by atoms with van der Waals surface area (Å²) >= 11 is 0. The van der Waals surface area contributed by atoms with Gasteiger partial charge in [-0.15, -0.1) is 0 Å². The molecular formula is C56H36N2O. The number of fused-ring (bicyclic) bond motifs is 8. The number of hydrogen-bond donors (Lipinski definition) is 0. The van der Waals surface area contributed by atoms with Crippen molar-refractivity contribution in [3.05, 3.63) is 218 Å². The van der Waals surface area contributed by atoms with Crippen LogP contribution in [0.1, 0.15) is 0 Å². The molecule has 12 rings (SSSR count). The molecule has 0 unspecified atom stereocenters. The summed E-state index contributed by atoms with van der Waals surface area (Å²) in [4.78, 5) is 0. The van der Waals surface area contributed by atoms with Crippen LogP contribution in [0.2, 0.25) is 0 Å². The van der Waals surface area contributed by atoms with E-state index in [0.717, 1.165) is 39.0 Å². The number of furan rings is 1. The zero-order valence-corrected chi connectivity index (χ0v) is 32.1.